The first-order valence-electron chi connectivity index (χ1n) is 6.01. The van der Waals surface area contributed by atoms with Crippen LogP contribution >= 0.6 is 0 Å². The Morgan fingerprint density at radius 2 is 1.63 bits per heavy atom. The van der Waals surface area contributed by atoms with Gasteiger partial charge in [0.15, 0.2) is 0 Å². The Hall–Kier alpha value is -1.94. The maximum absolute atomic E-state index is 12.5. The summed E-state index contributed by atoms with van der Waals surface area (Å²) < 4.78 is 25.1. The standard InChI is InChI=1S/C15H15F2NO/c16-15(17)13-3-1-2-12(8-13)10-18-9-11-4-6-14(19)7-5-11/h1-8,15,18-19H,9-10H2. The molecule has 0 fully saturated rings. The minimum atomic E-state index is -2.43. The van der Waals surface area contributed by atoms with Gasteiger partial charge in [-0.2, -0.15) is 0 Å². The van der Waals surface area contributed by atoms with Crippen LogP contribution in [-0.2, 0) is 13.1 Å². The van der Waals surface area contributed by atoms with Gasteiger partial charge in [0.25, 0.3) is 6.43 Å². The Kier molecular flexibility index (Phi) is 4.47. The molecule has 0 atom stereocenters. The molecule has 0 saturated heterocycles. The highest BCUT2D eigenvalue weighted by molar-refractivity contribution is 5.26. The van der Waals surface area contributed by atoms with Crippen molar-refractivity contribution in [1.29, 1.82) is 0 Å². The van der Waals surface area contributed by atoms with Crippen LogP contribution in [0.15, 0.2) is 48.5 Å². The van der Waals surface area contributed by atoms with Crippen LogP contribution in [0.5, 0.6) is 5.75 Å². The number of hydrogen-bond acceptors (Lipinski definition) is 2. The van der Waals surface area contributed by atoms with E-state index in [2.05, 4.69) is 5.32 Å². The number of halogens is 2. The third-order valence-corrected chi connectivity index (χ3v) is 2.80. The molecule has 0 spiro atoms. The molecule has 2 aromatic carbocycles. The van der Waals surface area contributed by atoms with Crippen molar-refractivity contribution in [3.8, 4) is 5.75 Å². The molecule has 0 aliphatic heterocycles. The summed E-state index contributed by atoms with van der Waals surface area (Å²) in [4.78, 5) is 0. The van der Waals surface area contributed by atoms with Gasteiger partial charge in [-0.05, 0) is 29.3 Å². The number of alkyl halides is 2. The SMILES string of the molecule is Oc1ccc(CNCc2cccc(C(F)F)c2)cc1. The van der Waals surface area contributed by atoms with Crippen LogP contribution in [0.4, 0.5) is 8.78 Å². The minimum Gasteiger partial charge on any atom is -0.508 e. The molecular weight excluding hydrogens is 248 g/mol. The first-order valence-corrected chi connectivity index (χ1v) is 6.01. The van der Waals surface area contributed by atoms with Crippen molar-refractivity contribution < 1.29 is 13.9 Å². The lowest BCUT2D eigenvalue weighted by Gasteiger charge is -2.07. The molecule has 0 bridgehead atoms. The predicted octanol–water partition coefficient (Wildman–Crippen LogP) is 3.62. The molecule has 2 rings (SSSR count). The van der Waals surface area contributed by atoms with E-state index >= 15 is 0 Å². The lowest BCUT2D eigenvalue weighted by Crippen LogP contribution is -2.12. The number of phenols is 1. The van der Waals surface area contributed by atoms with Gasteiger partial charge >= 0.3 is 0 Å². The fourth-order valence-corrected chi connectivity index (χ4v) is 1.80. The van der Waals surface area contributed by atoms with Crippen LogP contribution in [0.25, 0.3) is 0 Å². The molecule has 0 unspecified atom stereocenters. The maximum atomic E-state index is 12.5. The first kappa shape index (κ1) is 13.5. The summed E-state index contributed by atoms with van der Waals surface area (Å²) in [6, 6.07) is 13.3. The van der Waals surface area contributed by atoms with Crippen molar-refractivity contribution in [1.82, 2.24) is 5.32 Å². The summed E-state index contributed by atoms with van der Waals surface area (Å²) in [6.07, 6.45) is -2.43. The molecule has 0 aliphatic rings. The first-order chi connectivity index (χ1) is 9.15. The Morgan fingerprint density at radius 1 is 0.947 bits per heavy atom. The zero-order valence-corrected chi connectivity index (χ0v) is 10.3. The summed E-state index contributed by atoms with van der Waals surface area (Å²) in [6.45, 7) is 1.15. The van der Waals surface area contributed by atoms with Gasteiger partial charge in [0.1, 0.15) is 5.75 Å². The largest absolute Gasteiger partial charge is 0.508 e. The van der Waals surface area contributed by atoms with Gasteiger partial charge in [-0.25, -0.2) is 8.78 Å². The summed E-state index contributed by atoms with van der Waals surface area (Å²) in [5.41, 5.74) is 1.91. The molecule has 100 valence electrons. The molecule has 2 N–H and O–H groups in total. The number of phenolic OH excluding ortho intramolecular Hbond substituents is 1. The van der Waals surface area contributed by atoms with Crippen LogP contribution in [0, 0.1) is 0 Å². The smallest absolute Gasteiger partial charge is 0.263 e. The van der Waals surface area contributed by atoms with Gasteiger partial charge in [-0.15, -0.1) is 0 Å². The van der Waals surface area contributed by atoms with Crippen molar-refractivity contribution in [3.05, 3.63) is 65.2 Å². The van der Waals surface area contributed by atoms with E-state index in [1.807, 2.05) is 18.2 Å². The average Bonchev–Trinajstić information content (AvgIpc) is 2.41. The van der Waals surface area contributed by atoms with E-state index < -0.39 is 6.43 Å². The maximum Gasteiger partial charge on any atom is 0.263 e. The van der Waals surface area contributed by atoms with E-state index in [9.17, 15) is 8.78 Å². The number of rotatable bonds is 5. The predicted molar refractivity (Wildman–Crippen MR) is 70.0 cm³/mol. The van der Waals surface area contributed by atoms with E-state index in [0.717, 1.165) is 11.1 Å². The molecule has 2 aromatic rings. The van der Waals surface area contributed by atoms with Gasteiger partial charge < -0.3 is 10.4 Å². The molecule has 0 aromatic heterocycles. The zero-order valence-electron chi connectivity index (χ0n) is 10.3. The Labute approximate surface area is 110 Å². The number of nitrogens with one attached hydrogen (secondary N) is 1. The monoisotopic (exact) mass is 263 g/mol. The Balaban J connectivity index is 1.88. The lowest BCUT2D eigenvalue weighted by atomic mass is 10.1. The summed E-state index contributed by atoms with van der Waals surface area (Å²) >= 11 is 0. The van der Waals surface area contributed by atoms with Gasteiger partial charge in [-0.1, -0.05) is 30.3 Å². The quantitative estimate of drug-likeness (QED) is 0.863. The summed E-state index contributed by atoms with van der Waals surface area (Å²) in [7, 11) is 0. The van der Waals surface area contributed by atoms with E-state index in [4.69, 9.17) is 5.11 Å². The van der Waals surface area contributed by atoms with E-state index in [-0.39, 0.29) is 11.3 Å². The molecule has 0 radical (unpaired) electrons. The van der Waals surface area contributed by atoms with E-state index in [1.165, 1.54) is 12.1 Å². The second kappa shape index (κ2) is 6.29. The van der Waals surface area contributed by atoms with Crippen LogP contribution in [-0.4, -0.2) is 5.11 Å². The minimum absolute atomic E-state index is 0.0453. The van der Waals surface area contributed by atoms with Crippen molar-refractivity contribution in [2.24, 2.45) is 0 Å². The molecule has 0 amide bonds. The molecule has 0 aliphatic carbocycles. The third-order valence-electron chi connectivity index (χ3n) is 2.80. The van der Waals surface area contributed by atoms with Crippen LogP contribution in [0.3, 0.4) is 0 Å². The molecule has 2 nitrogen and oxygen atoms in total. The summed E-state index contributed by atoms with van der Waals surface area (Å²) in [5.74, 6) is 0.230. The van der Waals surface area contributed by atoms with Crippen molar-refractivity contribution in [2.75, 3.05) is 0 Å². The second-order valence-electron chi connectivity index (χ2n) is 4.32. The van der Waals surface area contributed by atoms with Gasteiger partial charge in [-0.3, -0.25) is 0 Å². The van der Waals surface area contributed by atoms with Gasteiger partial charge in [0.2, 0.25) is 0 Å². The normalized spacial score (nSPS) is 10.9. The van der Waals surface area contributed by atoms with Crippen molar-refractivity contribution >= 4 is 0 Å². The summed E-state index contributed by atoms with van der Waals surface area (Å²) in [5, 5.41) is 12.3. The third kappa shape index (κ3) is 4.03. The lowest BCUT2D eigenvalue weighted by molar-refractivity contribution is 0.151. The fourth-order valence-electron chi connectivity index (χ4n) is 1.80. The van der Waals surface area contributed by atoms with E-state index in [0.29, 0.717) is 13.1 Å². The highest BCUT2D eigenvalue weighted by atomic mass is 19.3. The molecule has 19 heavy (non-hydrogen) atoms. The van der Waals surface area contributed by atoms with Gasteiger partial charge in [0, 0.05) is 18.7 Å². The molecule has 0 saturated carbocycles. The molecular formula is C15H15F2NO. The van der Waals surface area contributed by atoms with Gasteiger partial charge in [0.05, 0.1) is 0 Å². The number of benzene rings is 2. The fraction of sp³-hybridized carbons (Fsp3) is 0.200. The topological polar surface area (TPSA) is 32.3 Å². The Morgan fingerprint density at radius 3 is 2.32 bits per heavy atom. The van der Waals surface area contributed by atoms with Crippen molar-refractivity contribution in [2.45, 2.75) is 19.5 Å². The number of hydrogen-bond donors (Lipinski definition) is 2. The van der Waals surface area contributed by atoms with Crippen LogP contribution < -0.4 is 5.32 Å². The highest BCUT2D eigenvalue weighted by Gasteiger charge is 2.06. The van der Waals surface area contributed by atoms with Crippen molar-refractivity contribution in [3.63, 3.8) is 0 Å². The highest BCUT2D eigenvalue weighted by Crippen LogP contribution is 2.19. The van der Waals surface area contributed by atoms with Crippen LogP contribution in [0.2, 0.25) is 0 Å². The second-order valence-corrected chi connectivity index (χ2v) is 4.32. The molecule has 0 heterocycles. The Bertz CT molecular complexity index is 526. The van der Waals surface area contributed by atoms with Crippen LogP contribution in [0.1, 0.15) is 23.1 Å². The zero-order chi connectivity index (χ0) is 13.7. The number of aromatic hydroxyl groups is 1. The van der Waals surface area contributed by atoms with E-state index in [1.54, 1.807) is 18.2 Å². The average molecular weight is 263 g/mol. The molecule has 4 heteroatoms.